The van der Waals surface area contributed by atoms with E-state index in [1.807, 2.05) is 6.20 Å². The lowest BCUT2D eigenvalue weighted by molar-refractivity contribution is 0.260. The highest BCUT2D eigenvalue weighted by Crippen LogP contribution is 2.31. The maximum absolute atomic E-state index is 4.61. The average molecular weight is 276 g/mol. The van der Waals surface area contributed by atoms with Crippen molar-refractivity contribution in [3.63, 3.8) is 0 Å². The molecule has 0 saturated heterocycles. The number of aromatic nitrogens is 2. The Balaban J connectivity index is 2.01. The molecule has 2 rings (SSSR count). The molecule has 0 bridgehead atoms. The van der Waals surface area contributed by atoms with Crippen molar-refractivity contribution >= 4 is 11.8 Å². The van der Waals surface area contributed by atoms with Crippen molar-refractivity contribution in [2.45, 2.75) is 59.4 Å². The highest BCUT2D eigenvalue weighted by molar-refractivity contribution is 5.47. The van der Waals surface area contributed by atoms with Crippen molar-refractivity contribution in [2.75, 3.05) is 17.2 Å². The summed E-state index contributed by atoms with van der Waals surface area (Å²) in [5.41, 5.74) is 1.12. The van der Waals surface area contributed by atoms with Gasteiger partial charge in [0, 0.05) is 24.3 Å². The van der Waals surface area contributed by atoms with Gasteiger partial charge in [-0.15, -0.1) is 0 Å². The number of anilines is 2. The first kappa shape index (κ1) is 15.1. The predicted molar refractivity (Wildman–Crippen MR) is 85.1 cm³/mol. The van der Waals surface area contributed by atoms with Crippen LogP contribution in [0.5, 0.6) is 0 Å². The summed E-state index contributed by atoms with van der Waals surface area (Å²) in [7, 11) is 0. The normalized spacial score (nSPS) is 26.3. The second-order valence-corrected chi connectivity index (χ2v) is 6.26. The minimum Gasteiger partial charge on any atom is -0.367 e. The van der Waals surface area contributed by atoms with Crippen molar-refractivity contribution in [3.8, 4) is 0 Å². The Bertz CT molecular complexity index is 432. The molecule has 1 fully saturated rings. The van der Waals surface area contributed by atoms with E-state index in [1.54, 1.807) is 0 Å². The molecule has 2 N–H and O–H groups in total. The summed E-state index contributed by atoms with van der Waals surface area (Å²) in [6, 6.07) is 0.550. The molecule has 1 heterocycles. The topological polar surface area (TPSA) is 49.8 Å². The largest absolute Gasteiger partial charge is 0.367 e. The van der Waals surface area contributed by atoms with E-state index in [0.29, 0.717) is 6.04 Å². The van der Waals surface area contributed by atoms with Crippen LogP contribution in [0.1, 0.15) is 52.0 Å². The standard InChI is InChI=1S/C16H28N4/c1-5-8-17-16-18-10-13(4)15(20-16)19-14-7-6-11(2)12(3)9-14/h10-12,14H,5-9H2,1-4H3,(H2,17,18,19,20). The highest BCUT2D eigenvalue weighted by Gasteiger charge is 2.24. The van der Waals surface area contributed by atoms with Gasteiger partial charge in [-0.05, 0) is 44.4 Å². The van der Waals surface area contributed by atoms with Crippen LogP contribution in [0.25, 0.3) is 0 Å². The molecule has 1 aromatic heterocycles. The van der Waals surface area contributed by atoms with E-state index in [9.17, 15) is 0 Å². The third kappa shape index (κ3) is 3.84. The fourth-order valence-corrected chi connectivity index (χ4v) is 2.78. The van der Waals surface area contributed by atoms with E-state index >= 15 is 0 Å². The molecule has 4 heteroatoms. The van der Waals surface area contributed by atoms with Crippen LogP contribution in [0.4, 0.5) is 11.8 Å². The minimum absolute atomic E-state index is 0.550. The van der Waals surface area contributed by atoms with E-state index in [4.69, 9.17) is 0 Å². The summed E-state index contributed by atoms with van der Waals surface area (Å²) in [5.74, 6) is 3.37. The SMILES string of the molecule is CCCNc1ncc(C)c(NC2CCC(C)C(C)C2)n1. The first-order valence-corrected chi connectivity index (χ1v) is 7.94. The first-order valence-electron chi connectivity index (χ1n) is 7.94. The summed E-state index contributed by atoms with van der Waals surface area (Å²) >= 11 is 0. The number of aryl methyl sites for hydroxylation is 1. The van der Waals surface area contributed by atoms with Gasteiger partial charge in [0.15, 0.2) is 0 Å². The van der Waals surface area contributed by atoms with Crippen LogP contribution in [0.3, 0.4) is 0 Å². The summed E-state index contributed by atoms with van der Waals surface area (Å²) in [4.78, 5) is 8.95. The van der Waals surface area contributed by atoms with Gasteiger partial charge in [-0.2, -0.15) is 4.98 Å². The van der Waals surface area contributed by atoms with E-state index in [2.05, 4.69) is 48.3 Å². The zero-order chi connectivity index (χ0) is 14.5. The third-order valence-corrected chi connectivity index (χ3v) is 4.44. The van der Waals surface area contributed by atoms with Gasteiger partial charge in [0.25, 0.3) is 0 Å². The zero-order valence-electron chi connectivity index (χ0n) is 13.2. The minimum atomic E-state index is 0.550. The molecule has 0 amide bonds. The van der Waals surface area contributed by atoms with Crippen molar-refractivity contribution in [1.29, 1.82) is 0 Å². The number of hydrogen-bond donors (Lipinski definition) is 2. The van der Waals surface area contributed by atoms with Crippen LogP contribution in [-0.4, -0.2) is 22.6 Å². The summed E-state index contributed by atoms with van der Waals surface area (Å²) in [6.45, 7) is 9.86. The van der Waals surface area contributed by atoms with Gasteiger partial charge < -0.3 is 10.6 Å². The second-order valence-electron chi connectivity index (χ2n) is 6.26. The van der Waals surface area contributed by atoms with E-state index < -0.39 is 0 Å². The quantitative estimate of drug-likeness (QED) is 0.858. The van der Waals surface area contributed by atoms with Crippen molar-refractivity contribution in [1.82, 2.24) is 9.97 Å². The lowest BCUT2D eigenvalue weighted by Crippen LogP contribution is -2.31. The van der Waals surface area contributed by atoms with Crippen LogP contribution < -0.4 is 10.6 Å². The van der Waals surface area contributed by atoms with Crippen LogP contribution in [-0.2, 0) is 0 Å². The second kappa shape index (κ2) is 6.91. The molecule has 0 aromatic carbocycles. The van der Waals surface area contributed by atoms with E-state index in [-0.39, 0.29) is 0 Å². The van der Waals surface area contributed by atoms with Crippen molar-refractivity contribution in [2.24, 2.45) is 11.8 Å². The predicted octanol–water partition coefficient (Wildman–Crippen LogP) is 3.84. The van der Waals surface area contributed by atoms with Gasteiger partial charge in [0.05, 0.1) is 0 Å². The van der Waals surface area contributed by atoms with Crippen LogP contribution in [0, 0.1) is 18.8 Å². The Morgan fingerprint density at radius 2 is 2.05 bits per heavy atom. The van der Waals surface area contributed by atoms with Crippen LogP contribution >= 0.6 is 0 Å². The van der Waals surface area contributed by atoms with Gasteiger partial charge in [0.1, 0.15) is 5.82 Å². The molecule has 1 aliphatic carbocycles. The van der Waals surface area contributed by atoms with Crippen LogP contribution in [0.2, 0.25) is 0 Å². The smallest absolute Gasteiger partial charge is 0.224 e. The highest BCUT2D eigenvalue weighted by atomic mass is 15.1. The van der Waals surface area contributed by atoms with Gasteiger partial charge in [0.2, 0.25) is 5.95 Å². The fourth-order valence-electron chi connectivity index (χ4n) is 2.78. The molecule has 3 unspecified atom stereocenters. The summed E-state index contributed by atoms with van der Waals surface area (Å²) in [5, 5.41) is 6.88. The number of hydrogen-bond acceptors (Lipinski definition) is 4. The number of nitrogens with one attached hydrogen (secondary N) is 2. The summed E-state index contributed by atoms with van der Waals surface area (Å²) in [6.07, 6.45) is 6.78. The van der Waals surface area contributed by atoms with Gasteiger partial charge in [-0.3, -0.25) is 0 Å². The molecule has 4 nitrogen and oxygen atoms in total. The van der Waals surface area contributed by atoms with E-state index in [0.717, 1.165) is 42.1 Å². The Labute approximate surface area is 122 Å². The van der Waals surface area contributed by atoms with E-state index in [1.165, 1.54) is 19.3 Å². The molecule has 0 aliphatic heterocycles. The summed E-state index contributed by atoms with van der Waals surface area (Å²) < 4.78 is 0. The number of nitrogens with zero attached hydrogens (tertiary/aromatic N) is 2. The van der Waals surface area contributed by atoms with Gasteiger partial charge >= 0.3 is 0 Å². The molecular formula is C16H28N4. The molecule has 20 heavy (non-hydrogen) atoms. The monoisotopic (exact) mass is 276 g/mol. The molecule has 1 aromatic rings. The van der Waals surface area contributed by atoms with Crippen molar-refractivity contribution in [3.05, 3.63) is 11.8 Å². The molecule has 112 valence electrons. The average Bonchev–Trinajstić information content (AvgIpc) is 2.44. The van der Waals surface area contributed by atoms with Gasteiger partial charge in [-0.25, -0.2) is 4.98 Å². The fraction of sp³-hybridized carbons (Fsp3) is 0.750. The molecular weight excluding hydrogens is 248 g/mol. The first-order chi connectivity index (χ1) is 9.60. The lowest BCUT2D eigenvalue weighted by atomic mass is 9.79. The van der Waals surface area contributed by atoms with Gasteiger partial charge in [-0.1, -0.05) is 20.8 Å². The maximum Gasteiger partial charge on any atom is 0.224 e. The Hall–Kier alpha value is -1.32. The molecule has 3 atom stereocenters. The number of rotatable bonds is 5. The molecule has 0 spiro atoms. The Kier molecular flexibility index (Phi) is 5.21. The molecule has 0 radical (unpaired) electrons. The molecule has 1 aliphatic rings. The van der Waals surface area contributed by atoms with Crippen LogP contribution in [0.15, 0.2) is 6.20 Å². The third-order valence-electron chi connectivity index (χ3n) is 4.44. The Morgan fingerprint density at radius 3 is 2.75 bits per heavy atom. The van der Waals surface area contributed by atoms with Crippen molar-refractivity contribution < 1.29 is 0 Å². The molecule has 1 saturated carbocycles. The zero-order valence-corrected chi connectivity index (χ0v) is 13.2. The maximum atomic E-state index is 4.61. The lowest BCUT2D eigenvalue weighted by Gasteiger charge is -2.33. The Morgan fingerprint density at radius 1 is 1.25 bits per heavy atom.